The molecule has 0 bridgehead atoms. The van der Waals surface area contributed by atoms with Gasteiger partial charge in [-0.1, -0.05) is 20.8 Å². The molecule has 13 atom stereocenters. The molecule has 2 spiro atoms. The molecule has 0 radical (unpaired) electrons. The number of aliphatic hydroxyl groups excluding tert-OH is 2. The fourth-order valence-corrected chi connectivity index (χ4v) is 11.8. The van der Waals surface area contributed by atoms with E-state index in [-0.39, 0.29) is 45.7 Å². The highest BCUT2D eigenvalue weighted by Gasteiger charge is 2.93. The van der Waals surface area contributed by atoms with Gasteiger partial charge < -0.3 is 20.4 Å². The quantitative estimate of drug-likeness (QED) is 0.542. The van der Waals surface area contributed by atoms with Gasteiger partial charge in [-0.3, -0.25) is 0 Å². The van der Waals surface area contributed by atoms with Gasteiger partial charge in [0.15, 0.2) is 0 Å². The Labute approximate surface area is 175 Å². The van der Waals surface area contributed by atoms with Gasteiger partial charge in [0, 0.05) is 10.8 Å². The average Bonchev–Trinajstić information content (AvgIpc) is 3.02. The molecular weight excluding hydrogens is 364 g/mol. The van der Waals surface area contributed by atoms with Crippen LogP contribution >= 0.6 is 0 Å². The van der Waals surface area contributed by atoms with Crippen molar-refractivity contribution in [3.63, 3.8) is 0 Å². The molecule has 6 fully saturated rings. The van der Waals surface area contributed by atoms with Crippen LogP contribution in [0, 0.1) is 57.2 Å². The highest BCUT2D eigenvalue weighted by Crippen LogP contribution is 2.95. The molecule has 0 amide bonds. The second kappa shape index (κ2) is 4.77. The summed E-state index contributed by atoms with van der Waals surface area (Å²) in [5.41, 5.74) is -1.70. The molecule has 29 heavy (non-hydrogen) atoms. The topological polar surface area (TPSA) is 80.9 Å². The summed E-state index contributed by atoms with van der Waals surface area (Å²) >= 11 is 0. The van der Waals surface area contributed by atoms with Gasteiger partial charge in [0.25, 0.3) is 0 Å². The molecule has 0 aromatic carbocycles. The van der Waals surface area contributed by atoms with Crippen LogP contribution in [-0.2, 0) is 0 Å². The monoisotopic (exact) mass is 404 g/mol. The molecule has 6 saturated carbocycles. The Morgan fingerprint density at radius 2 is 1.52 bits per heavy atom. The lowest BCUT2D eigenvalue weighted by Crippen LogP contribution is -2.46. The highest BCUT2D eigenvalue weighted by atomic mass is 16.3. The number of fused-ring (bicyclic) bond motifs is 3. The van der Waals surface area contributed by atoms with Gasteiger partial charge in [-0.25, -0.2) is 0 Å². The van der Waals surface area contributed by atoms with Crippen LogP contribution in [0.2, 0.25) is 0 Å². The summed E-state index contributed by atoms with van der Waals surface area (Å²) in [4.78, 5) is 0. The molecule has 0 aliphatic heterocycles. The summed E-state index contributed by atoms with van der Waals surface area (Å²) in [6, 6.07) is 0. The van der Waals surface area contributed by atoms with Crippen molar-refractivity contribution in [1.82, 2.24) is 0 Å². The molecule has 4 heteroatoms. The first kappa shape index (κ1) is 19.5. The van der Waals surface area contributed by atoms with Crippen LogP contribution < -0.4 is 0 Å². The molecule has 0 aromatic rings. The Morgan fingerprint density at radius 3 is 2.14 bits per heavy atom. The number of rotatable bonds is 1. The maximum Gasteiger partial charge on any atom is 0.0654 e. The minimum Gasteiger partial charge on any atom is -0.393 e. The van der Waals surface area contributed by atoms with Gasteiger partial charge in [0.1, 0.15) is 0 Å². The zero-order chi connectivity index (χ0) is 21.2. The zero-order valence-electron chi connectivity index (χ0n) is 18.9. The molecule has 6 aliphatic carbocycles. The van der Waals surface area contributed by atoms with E-state index in [1.165, 1.54) is 0 Å². The summed E-state index contributed by atoms with van der Waals surface area (Å²) in [5, 5.41) is 44.8. The van der Waals surface area contributed by atoms with E-state index in [4.69, 9.17) is 0 Å². The fourth-order valence-electron chi connectivity index (χ4n) is 11.8. The molecule has 0 heterocycles. The van der Waals surface area contributed by atoms with E-state index >= 15 is 0 Å². The molecule has 0 aromatic heterocycles. The zero-order valence-corrected chi connectivity index (χ0v) is 18.9. The lowest BCUT2D eigenvalue weighted by atomic mass is 9.58. The molecule has 4 nitrogen and oxygen atoms in total. The van der Waals surface area contributed by atoms with Crippen LogP contribution in [0.5, 0.6) is 0 Å². The van der Waals surface area contributed by atoms with Gasteiger partial charge in [0.05, 0.1) is 23.4 Å². The third kappa shape index (κ3) is 1.60. The van der Waals surface area contributed by atoms with Gasteiger partial charge in [-0.15, -0.1) is 0 Å². The fraction of sp³-hybridized carbons (Fsp3) is 1.00. The van der Waals surface area contributed by atoms with Crippen LogP contribution in [0.25, 0.3) is 0 Å². The van der Waals surface area contributed by atoms with E-state index in [2.05, 4.69) is 20.8 Å². The third-order valence-electron chi connectivity index (χ3n) is 12.9. The average molecular weight is 405 g/mol. The lowest BCUT2D eigenvalue weighted by molar-refractivity contribution is -0.0641. The van der Waals surface area contributed by atoms with Crippen molar-refractivity contribution in [1.29, 1.82) is 0 Å². The summed E-state index contributed by atoms with van der Waals surface area (Å²) in [7, 11) is 0. The molecule has 6 rings (SSSR count). The van der Waals surface area contributed by atoms with E-state index in [1.54, 1.807) is 0 Å². The summed E-state index contributed by atoms with van der Waals surface area (Å²) in [6.45, 7) is 12.8. The third-order valence-corrected chi connectivity index (χ3v) is 12.9. The Hall–Kier alpha value is -0.160. The number of hydrogen-bond donors (Lipinski definition) is 4. The second-order valence-electron chi connectivity index (χ2n) is 13.4. The number of hydrogen-bond acceptors (Lipinski definition) is 4. The minimum absolute atomic E-state index is 0.000765. The lowest BCUT2D eigenvalue weighted by Gasteiger charge is -2.47. The first-order valence-electron chi connectivity index (χ1n) is 12.0. The van der Waals surface area contributed by atoms with Gasteiger partial charge in [-0.05, 0) is 99.2 Å². The van der Waals surface area contributed by atoms with Crippen LogP contribution in [0.15, 0.2) is 0 Å². The molecule has 4 N–H and O–H groups in total. The first-order chi connectivity index (χ1) is 13.2. The second-order valence-corrected chi connectivity index (χ2v) is 13.4. The minimum atomic E-state index is -0.786. The van der Waals surface area contributed by atoms with E-state index in [1.807, 2.05) is 20.8 Å². The smallest absolute Gasteiger partial charge is 0.0654 e. The van der Waals surface area contributed by atoms with E-state index in [0.717, 1.165) is 25.7 Å². The predicted octanol–water partition coefficient (Wildman–Crippen LogP) is 2.96. The Balaban J connectivity index is 1.50. The summed E-state index contributed by atoms with van der Waals surface area (Å²) < 4.78 is 0. The van der Waals surface area contributed by atoms with E-state index < -0.39 is 11.2 Å². The Kier molecular flexibility index (Phi) is 3.21. The van der Waals surface area contributed by atoms with Gasteiger partial charge in [0.2, 0.25) is 0 Å². The van der Waals surface area contributed by atoms with Crippen LogP contribution in [0.1, 0.15) is 73.6 Å². The SMILES string of the molecule is C[C@H]1[C@@H]2[C@H]3[C@]4(C)[C@@H](O)C[C@@H](C(C)(C)O)[C@]34C[C@@H]2[C@@]23CC[C@](C)(O)C2C[C@H](O)[C@@]13C. The van der Waals surface area contributed by atoms with E-state index in [0.29, 0.717) is 30.1 Å². The highest BCUT2D eigenvalue weighted by molar-refractivity contribution is 5.40. The summed E-state index contributed by atoms with van der Waals surface area (Å²) in [5.74, 6) is 2.09. The largest absolute Gasteiger partial charge is 0.393 e. The maximum atomic E-state index is 11.3. The van der Waals surface area contributed by atoms with Crippen LogP contribution in [-0.4, -0.2) is 43.8 Å². The van der Waals surface area contributed by atoms with Crippen molar-refractivity contribution < 1.29 is 20.4 Å². The molecule has 0 saturated heterocycles. The van der Waals surface area contributed by atoms with Crippen LogP contribution in [0.3, 0.4) is 0 Å². The van der Waals surface area contributed by atoms with Crippen molar-refractivity contribution in [2.24, 2.45) is 57.2 Å². The van der Waals surface area contributed by atoms with E-state index in [9.17, 15) is 20.4 Å². The molecular formula is C25H40O4. The summed E-state index contributed by atoms with van der Waals surface area (Å²) in [6.07, 6.45) is 3.65. The van der Waals surface area contributed by atoms with Gasteiger partial charge in [-0.2, -0.15) is 0 Å². The Morgan fingerprint density at radius 1 is 0.897 bits per heavy atom. The molecule has 1 unspecified atom stereocenters. The van der Waals surface area contributed by atoms with Crippen molar-refractivity contribution in [2.45, 2.75) is 97.1 Å². The van der Waals surface area contributed by atoms with Crippen molar-refractivity contribution >= 4 is 0 Å². The normalized spacial score (nSPS) is 69.7. The van der Waals surface area contributed by atoms with Crippen molar-refractivity contribution in [3.8, 4) is 0 Å². The van der Waals surface area contributed by atoms with Crippen LogP contribution in [0.4, 0.5) is 0 Å². The van der Waals surface area contributed by atoms with Crippen molar-refractivity contribution in [3.05, 3.63) is 0 Å². The van der Waals surface area contributed by atoms with Crippen molar-refractivity contribution in [2.75, 3.05) is 0 Å². The first-order valence-corrected chi connectivity index (χ1v) is 12.0. The Bertz CT molecular complexity index is 786. The predicted molar refractivity (Wildman–Crippen MR) is 110 cm³/mol. The van der Waals surface area contributed by atoms with Gasteiger partial charge >= 0.3 is 0 Å². The maximum absolute atomic E-state index is 11.3. The molecule has 164 valence electrons. The molecule has 6 aliphatic rings. The standard InChI is InChI=1S/C25H40O4/c1-12-18-13(24-8-7-21(4,29)15(24)10-16(26)22(12,24)5)11-25-14(20(2,3)28)9-17(27)23(25,6)19(18)25/h12-19,26-29H,7-11H2,1-6H3/t12-,13-,14-,15?,16-,17-,18-,19-,21-,22+,23-,24-,25+/m0/s1. The number of aliphatic hydroxyl groups is 4.